The molecule has 11 heteroatoms. The minimum Gasteiger partial charge on any atom is -0.480 e. The zero-order valence-corrected chi connectivity index (χ0v) is 23.5. The fourth-order valence-electron chi connectivity index (χ4n) is 4.91. The number of para-hydroxylation sites is 1. The molecule has 1 aromatic heterocycles. The van der Waals surface area contributed by atoms with Crippen molar-refractivity contribution in [2.75, 3.05) is 23.5 Å². The van der Waals surface area contributed by atoms with Gasteiger partial charge < -0.3 is 20.1 Å². The number of Topliss-reactive ketones (excluding diaryl/α,β-unsaturated/α-hetero) is 1. The van der Waals surface area contributed by atoms with Gasteiger partial charge in [-0.05, 0) is 86.7 Å². The number of anilines is 2. The number of carbonyl (C=O) groups is 2. The van der Waals surface area contributed by atoms with Crippen LogP contribution in [0.2, 0.25) is 0 Å². The lowest BCUT2D eigenvalue weighted by atomic mass is 9.89. The molecule has 1 fully saturated rings. The molecule has 2 atom stereocenters. The highest BCUT2D eigenvalue weighted by Gasteiger charge is 2.34. The highest BCUT2D eigenvalue weighted by Crippen LogP contribution is 2.31. The zero-order chi connectivity index (χ0) is 28.2. The molecule has 1 aliphatic rings. The number of nitrogens with one attached hydrogen (secondary N) is 2. The van der Waals surface area contributed by atoms with Gasteiger partial charge in [0, 0.05) is 29.9 Å². The van der Waals surface area contributed by atoms with E-state index in [9.17, 15) is 14.7 Å². The standard InChI is InChI=1S/C29H29N5O4S2/c1-19(35)20-13-14-26(27(36)37)32(17-20)23-10-6-12-25(16-23)38-18-30-21-7-5-11-24(15-21)33-28(39)31-34(29(33)40)22-8-3-2-4-9-22/h2-12,15-16,20,26,30H,13-14,17-18H2,1H3,(H,31,39)(H,36,37). The summed E-state index contributed by atoms with van der Waals surface area (Å²) in [5, 5.41) is 16.1. The molecule has 3 N–H and O–H groups in total. The summed E-state index contributed by atoms with van der Waals surface area (Å²) in [6.07, 6.45) is 1.00. The van der Waals surface area contributed by atoms with Gasteiger partial charge in [0.05, 0.1) is 11.4 Å². The van der Waals surface area contributed by atoms with Gasteiger partial charge in [-0.3, -0.25) is 14.5 Å². The highest BCUT2D eigenvalue weighted by atomic mass is 32.1. The van der Waals surface area contributed by atoms with E-state index in [0.29, 0.717) is 40.4 Å². The Morgan fingerprint density at radius 2 is 1.70 bits per heavy atom. The van der Waals surface area contributed by atoms with Crippen molar-refractivity contribution in [1.29, 1.82) is 0 Å². The maximum atomic E-state index is 12.0. The maximum Gasteiger partial charge on any atom is 0.326 e. The first-order chi connectivity index (χ1) is 19.3. The third kappa shape index (κ3) is 5.85. The normalized spacial score (nSPS) is 16.9. The molecule has 4 aromatic rings. The van der Waals surface area contributed by atoms with Crippen LogP contribution in [0.5, 0.6) is 5.75 Å². The third-order valence-electron chi connectivity index (χ3n) is 7.02. The van der Waals surface area contributed by atoms with Crippen molar-refractivity contribution in [3.8, 4) is 17.1 Å². The lowest BCUT2D eigenvalue weighted by Gasteiger charge is -2.38. The largest absolute Gasteiger partial charge is 0.480 e. The molecular weight excluding hydrogens is 546 g/mol. The van der Waals surface area contributed by atoms with Crippen molar-refractivity contribution in [3.63, 3.8) is 0 Å². The summed E-state index contributed by atoms with van der Waals surface area (Å²) in [6, 6.07) is 24.0. The molecular formula is C29H29N5O4S2. The number of aromatic amines is 1. The zero-order valence-electron chi connectivity index (χ0n) is 21.8. The van der Waals surface area contributed by atoms with Crippen molar-refractivity contribution in [1.82, 2.24) is 14.3 Å². The summed E-state index contributed by atoms with van der Waals surface area (Å²) in [6.45, 7) is 2.11. The van der Waals surface area contributed by atoms with Crippen LogP contribution in [0.1, 0.15) is 19.8 Å². The number of rotatable bonds is 9. The van der Waals surface area contributed by atoms with E-state index in [1.165, 1.54) is 0 Å². The van der Waals surface area contributed by atoms with E-state index in [2.05, 4.69) is 10.4 Å². The second kappa shape index (κ2) is 11.9. The molecule has 0 bridgehead atoms. The van der Waals surface area contributed by atoms with Crippen LogP contribution in [0.4, 0.5) is 11.4 Å². The molecule has 0 spiro atoms. The van der Waals surface area contributed by atoms with Gasteiger partial charge in [0.15, 0.2) is 11.5 Å². The molecule has 0 amide bonds. The fraction of sp³-hybridized carbons (Fsp3) is 0.241. The van der Waals surface area contributed by atoms with Gasteiger partial charge in [-0.25, -0.2) is 9.48 Å². The van der Waals surface area contributed by atoms with Crippen LogP contribution in [0.3, 0.4) is 0 Å². The van der Waals surface area contributed by atoms with Gasteiger partial charge in [-0.15, -0.1) is 0 Å². The Hall–Kier alpha value is -4.22. The smallest absolute Gasteiger partial charge is 0.326 e. The second-order valence-corrected chi connectivity index (χ2v) is 10.4. The van der Waals surface area contributed by atoms with E-state index in [1.807, 2.05) is 78.9 Å². The van der Waals surface area contributed by atoms with Crippen molar-refractivity contribution >= 4 is 47.6 Å². The maximum absolute atomic E-state index is 12.0. The lowest BCUT2D eigenvalue weighted by Crippen LogP contribution is -2.49. The highest BCUT2D eigenvalue weighted by molar-refractivity contribution is 7.72. The van der Waals surface area contributed by atoms with Crippen LogP contribution in [0, 0.1) is 15.5 Å². The average Bonchev–Trinajstić information content (AvgIpc) is 3.26. The number of hydrogen-bond acceptors (Lipinski definition) is 7. The third-order valence-corrected chi connectivity index (χ3v) is 7.66. The number of carbonyl (C=O) groups excluding carboxylic acids is 1. The van der Waals surface area contributed by atoms with Crippen LogP contribution in [0.25, 0.3) is 11.4 Å². The second-order valence-electron chi connectivity index (χ2n) is 9.61. The van der Waals surface area contributed by atoms with Gasteiger partial charge in [-0.2, -0.15) is 0 Å². The van der Waals surface area contributed by atoms with Crippen molar-refractivity contribution in [2.45, 2.75) is 25.8 Å². The molecule has 1 aliphatic heterocycles. The van der Waals surface area contributed by atoms with Gasteiger partial charge >= 0.3 is 5.97 Å². The Morgan fingerprint density at radius 1 is 0.975 bits per heavy atom. The number of H-pyrrole nitrogens is 1. The molecule has 0 aliphatic carbocycles. The Bertz CT molecular complexity index is 1650. The number of carboxylic acids is 1. The SMILES string of the molecule is CC(=O)C1CCC(C(=O)O)N(c2cccc(OCNc3cccc(-n4c(=S)[nH]n(-c5ccccc5)c4=S)c3)c2)C1. The number of benzene rings is 3. The van der Waals surface area contributed by atoms with Crippen molar-refractivity contribution < 1.29 is 19.4 Å². The van der Waals surface area contributed by atoms with Crippen LogP contribution >= 0.6 is 24.4 Å². The quantitative estimate of drug-likeness (QED) is 0.171. The summed E-state index contributed by atoms with van der Waals surface area (Å²) in [5.74, 6) is -0.416. The van der Waals surface area contributed by atoms with Gasteiger partial charge in [-0.1, -0.05) is 30.3 Å². The minimum atomic E-state index is -0.895. The number of ketones is 1. The van der Waals surface area contributed by atoms with Gasteiger partial charge in [0.25, 0.3) is 0 Å². The number of aliphatic carboxylic acids is 1. The Morgan fingerprint density at radius 3 is 2.45 bits per heavy atom. The van der Waals surface area contributed by atoms with Crippen molar-refractivity contribution in [3.05, 3.63) is 88.4 Å². The summed E-state index contributed by atoms with van der Waals surface area (Å²) in [7, 11) is 0. The van der Waals surface area contributed by atoms with Crippen molar-refractivity contribution in [2.24, 2.45) is 5.92 Å². The molecule has 9 nitrogen and oxygen atoms in total. The fourth-order valence-corrected chi connectivity index (χ4v) is 5.60. The number of nitrogens with zero attached hydrogens (tertiary/aromatic N) is 3. The van der Waals surface area contributed by atoms with Gasteiger partial charge in [0.1, 0.15) is 17.6 Å². The number of hydrogen-bond donors (Lipinski definition) is 3. The number of ether oxygens (including phenoxy) is 1. The Labute approximate surface area is 241 Å². The predicted molar refractivity (Wildman–Crippen MR) is 159 cm³/mol. The molecule has 0 radical (unpaired) electrons. The summed E-state index contributed by atoms with van der Waals surface area (Å²) in [4.78, 5) is 25.7. The number of carboxylic acid groups (broad SMARTS) is 1. The van der Waals surface area contributed by atoms with E-state index < -0.39 is 12.0 Å². The topological polar surface area (TPSA) is 105 Å². The molecule has 206 valence electrons. The van der Waals surface area contributed by atoms with E-state index in [-0.39, 0.29) is 18.4 Å². The number of aromatic nitrogens is 3. The van der Waals surface area contributed by atoms with Crippen LogP contribution in [-0.2, 0) is 9.59 Å². The molecule has 1 saturated heterocycles. The van der Waals surface area contributed by atoms with E-state index in [4.69, 9.17) is 29.2 Å². The Balaban J connectivity index is 1.29. The summed E-state index contributed by atoms with van der Waals surface area (Å²) >= 11 is 11.3. The molecule has 2 unspecified atom stereocenters. The van der Waals surface area contributed by atoms with E-state index >= 15 is 0 Å². The van der Waals surface area contributed by atoms with Crippen LogP contribution in [0.15, 0.2) is 78.9 Å². The molecule has 40 heavy (non-hydrogen) atoms. The minimum absolute atomic E-state index is 0.0756. The first-order valence-electron chi connectivity index (χ1n) is 12.9. The molecule has 0 saturated carbocycles. The van der Waals surface area contributed by atoms with E-state index in [0.717, 1.165) is 17.1 Å². The first kappa shape index (κ1) is 27.4. The van der Waals surface area contributed by atoms with Crippen LogP contribution < -0.4 is 15.0 Å². The van der Waals surface area contributed by atoms with Gasteiger partial charge in [0.2, 0.25) is 4.77 Å². The molecule has 2 heterocycles. The summed E-state index contributed by atoms with van der Waals surface area (Å²) < 4.78 is 10.5. The first-order valence-corrected chi connectivity index (χ1v) is 13.7. The lowest BCUT2D eigenvalue weighted by molar-refractivity contribution is -0.139. The average molecular weight is 576 g/mol. The molecule has 3 aromatic carbocycles. The monoisotopic (exact) mass is 575 g/mol. The Kier molecular flexibility index (Phi) is 8.13. The molecule has 5 rings (SSSR count). The van der Waals surface area contributed by atoms with Crippen LogP contribution in [-0.4, -0.2) is 50.5 Å². The summed E-state index contributed by atoms with van der Waals surface area (Å²) in [5.41, 5.74) is 3.21. The number of piperidine rings is 1. The van der Waals surface area contributed by atoms with E-state index in [1.54, 1.807) is 21.1 Å². The predicted octanol–water partition coefficient (Wildman–Crippen LogP) is 5.76.